The van der Waals surface area contributed by atoms with Crippen molar-refractivity contribution in [1.29, 1.82) is 5.41 Å². The molecule has 0 bridgehead atoms. The monoisotopic (exact) mass is 438 g/mol. The Morgan fingerprint density at radius 3 is 2.55 bits per heavy atom. The molecule has 4 rings (SSSR count). The normalized spacial score (nSPS) is 12.4. The molecule has 4 aromatic heterocycles. The minimum atomic E-state index is -0.358. The molecule has 166 valence electrons. The summed E-state index contributed by atoms with van der Waals surface area (Å²) in [4.78, 5) is 17.8. The first kappa shape index (κ1) is 22.1. The fraction of sp³-hybridized carbons (Fsp3) is 0.240. The van der Waals surface area contributed by atoms with Gasteiger partial charge >= 0.3 is 0 Å². The van der Waals surface area contributed by atoms with E-state index in [0.717, 1.165) is 33.4 Å². The Balaban J connectivity index is 1.66. The highest BCUT2D eigenvalue weighted by atomic mass is 15.2. The van der Waals surface area contributed by atoms with Crippen LogP contribution in [-0.4, -0.2) is 44.1 Å². The van der Waals surface area contributed by atoms with Gasteiger partial charge in [-0.2, -0.15) is 5.10 Å². The molecule has 0 amide bonds. The summed E-state index contributed by atoms with van der Waals surface area (Å²) in [5, 5.41) is 20.2. The third-order valence-electron chi connectivity index (χ3n) is 5.35. The van der Waals surface area contributed by atoms with Crippen LogP contribution in [0.25, 0.3) is 11.0 Å². The van der Waals surface area contributed by atoms with Crippen molar-refractivity contribution >= 4 is 34.6 Å². The Hall–Kier alpha value is -4.07. The maximum atomic E-state index is 8.74. The zero-order valence-corrected chi connectivity index (χ0v) is 19.1. The number of aryl methyl sites for hydroxylation is 1. The van der Waals surface area contributed by atoms with Gasteiger partial charge in [0.1, 0.15) is 5.82 Å². The molecule has 0 aliphatic heterocycles. The highest BCUT2D eigenvalue weighted by Gasteiger charge is 2.18. The summed E-state index contributed by atoms with van der Waals surface area (Å²) in [5.41, 5.74) is 5.49. The molecule has 0 aromatic carbocycles. The number of pyridine rings is 3. The highest BCUT2D eigenvalue weighted by molar-refractivity contribution is 6.12. The van der Waals surface area contributed by atoms with E-state index >= 15 is 0 Å². The standard InChI is InChI=1S/C25H26N8/c1-15(2)18-10-24(33-30-13-18)32-23-8-7-21-22(31-23)9-19(12-29-21)20(14-27-4)25(26)17-6-5-16(3)28-11-17/h5-15,20,26H,1-4H3,(H,31,32,33). The van der Waals surface area contributed by atoms with E-state index in [1.807, 2.05) is 43.3 Å². The van der Waals surface area contributed by atoms with Gasteiger partial charge < -0.3 is 10.7 Å². The van der Waals surface area contributed by atoms with E-state index in [0.29, 0.717) is 23.3 Å². The van der Waals surface area contributed by atoms with Crippen molar-refractivity contribution in [1.82, 2.24) is 25.1 Å². The minimum Gasteiger partial charge on any atom is -0.323 e. The fourth-order valence-electron chi connectivity index (χ4n) is 3.43. The number of fused-ring (bicyclic) bond motifs is 1. The zero-order chi connectivity index (χ0) is 23.4. The van der Waals surface area contributed by atoms with Gasteiger partial charge in [0.05, 0.1) is 28.9 Å². The predicted octanol–water partition coefficient (Wildman–Crippen LogP) is 4.84. The number of anilines is 2. The van der Waals surface area contributed by atoms with Crippen molar-refractivity contribution < 1.29 is 0 Å². The van der Waals surface area contributed by atoms with Crippen molar-refractivity contribution in [2.75, 3.05) is 12.4 Å². The minimum absolute atomic E-state index is 0.355. The molecule has 8 heteroatoms. The molecule has 0 aliphatic rings. The van der Waals surface area contributed by atoms with Gasteiger partial charge in [0.15, 0.2) is 5.82 Å². The average molecular weight is 439 g/mol. The van der Waals surface area contributed by atoms with Crippen molar-refractivity contribution in [2.24, 2.45) is 4.99 Å². The Kier molecular flexibility index (Phi) is 6.44. The van der Waals surface area contributed by atoms with Crippen molar-refractivity contribution in [3.05, 3.63) is 77.4 Å². The quantitative estimate of drug-likeness (QED) is 0.399. The van der Waals surface area contributed by atoms with Gasteiger partial charge in [0, 0.05) is 36.9 Å². The molecule has 33 heavy (non-hydrogen) atoms. The van der Waals surface area contributed by atoms with E-state index in [4.69, 9.17) is 10.4 Å². The van der Waals surface area contributed by atoms with Gasteiger partial charge in [-0.25, -0.2) is 4.98 Å². The summed E-state index contributed by atoms with van der Waals surface area (Å²) >= 11 is 0. The third kappa shape index (κ3) is 5.06. The van der Waals surface area contributed by atoms with Crippen LogP contribution in [0.15, 0.2) is 60.0 Å². The van der Waals surface area contributed by atoms with Crippen LogP contribution < -0.4 is 5.32 Å². The number of hydrogen-bond donors (Lipinski definition) is 2. The lowest BCUT2D eigenvalue weighted by Crippen LogP contribution is -2.15. The first-order valence-electron chi connectivity index (χ1n) is 10.7. The first-order valence-corrected chi connectivity index (χ1v) is 10.7. The molecule has 0 radical (unpaired) electrons. The average Bonchev–Trinajstić information content (AvgIpc) is 2.82. The Morgan fingerprint density at radius 1 is 0.970 bits per heavy atom. The Morgan fingerprint density at radius 2 is 1.82 bits per heavy atom. The lowest BCUT2D eigenvalue weighted by atomic mass is 9.92. The number of aliphatic imine (C=N–C) groups is 1. The first-order chi connectivity index (χ1) is 15.9. The van der Waals surface area contributed by atoms with E-state index < -0.39 is 0 Å². The molecule has 0 aliphatic carbocycles. The maximum absolute atomic E-state index is 8.74. The van der Waals surface area contributed by atoms with Gasteiger partial charge in [-0.3, -0.25) is 15.0 Å². The Labute approximate surface area is 192 Å². The predicted molar refractivity (Wildman–Crippen MR) is 132 cm³/mol. The topological polar surface area (TPSA) is 113 Å². The summed E-state index contributed by atoms with van der Waals surface area (Å²) in [6.07, 6.45) is 7.01. The van der Waals surface area contributed by atoms with Gasteiger partial charge in [0.25, 0.3) is 0 Å². The van der Waals surface area contributed by atoms with Gasteiger partial charge in [-0.15, -0.1) is 5.10 Å². The number of rotatable bonds is 7. The summed E-state index contributed by atoms with van der Waals surface area (Å²) in [7, 11) is 1.70. The number of hydrogen-bond acceptors (Lipinski definition) is 8. The van der Waals surface area contributed by atoms with E-state index in [1.165, 1.54) is 0 Å². The Bertz CT molecular complexity index is 1310. The van der Waals surface area contributed by atoms with Gasteiger partial charge in [-0.1, -0.05) is 13.8 Å². The molecule has 0 saturated heterocycles. The van der Waals surface area contributed by atoms with Crippen LogP contribution >= 0.6 is 0 Å². The van der Waals surface area contributed by atoms with Crippen LogP contribution in [0.3, 0.4) is 0 Å². The molecule has 1 unspecified atom stereocenters. The summed E-state index contributed by atoms with van der Waals surface area (Å²) < 4.78 is 0. The number of nitrogens with zero attached hydrogens (tertiary/aromatic N) is 6. The van der Waals surface area contributed by atoms with Crippen LogP contribution in [-0.2, 0) is 0 Å². The second-order valence-corrected chi connectivity index (χ2v) is 8.14. The molecule has 1 atom stereocenters. The zero-order valence-electron chi connectivity index (χ0n) is 19.1. The molecule has 0 fully saturated rings. The number of nitrogens with one attached hydrogen (secondary N) is 2. The van der Waals surface area contributed by atoms with E-state index in [9.17, 15) is 0 Å². The van der Waals surface area contributed by atoms with Crippen LogP contribution in [0.5, 0.6) is 0 Å². The largest absolute Gasteiger partial charge is 0.323 e. The van der Waals surface area contributed by atoms with Gasteiger partial charge in [-0.05, 0) is 60.4 Å². The lowest BCUT2D eigenvalue weighted by Gasteiger charge is -2.15. The molecule has 0 saturated carbocycles. The molecule has 2 N–H and O–H groups in total. The molecule has 8 nitrogen and oxygen atoms in total. The second kappa shape index (κ2) is 9.60. The fourth-order valence-corrected chi connectivity index (χ4v) is 3.43. The van der Waals surface area contributed by atoms with Crippen LogP contribution in [0.4, 0.5) is 11.6 Å². The van der Waals surface area contributed by atoms with E-state index in [2.05, 4.69) is 44.3 Å². The van der Waals surface area contributed by atoms with Crippen LogP contribution in [0, 0.1) is 12.3 Å². The molecule has 0 spiro atoms. The molecule has 4 heterocycles. The summed E-state index contributed by atoms with van der Waals surface area (Å²) in [6.45, 7) is 6.15. The van der Waals surface area contributed by atoms with Crippen molar-refractivity contribution in [3.63, 3.8) is 0 Å². The maximum Gasteiger partial charge on any atom is 0.154 e. The SMILES string of the molecule is CN=CC(C(=N)c1ccc(C)nc1)c1cnc2ccc(Nc3cc(C(C)C)cnn3)nc2c1. The molecular formula is C25H26N8. The van der Waals surface area contributed by atoms with E-state index in [-0.39, 0.29) is 5.92 Å². The lowest BCUT2D eigenvalue weighted by molar-refractivity contribution is 0.843. The summed E-state index contributed by atoms with van der Waals surface area (Å²) in [5.74, 6) is 1.29. The summed E-state index contributed by atoms with van der Waals surface area (Å²) in [6, 6.07) is 11.5. The van der Waals surface area contributed by atoms with Gasteiger partial charge in [0.2, 0.25) is 0 Å². The highest BCUT2D eigenvalue weighted by Crippen LogP contribution is 2.24. The van der Waals surface area contributed by atoms with E-state index in [1.54, 1.807) is 31.9 Å². The smallest absolute Gasteiger partial charge is 0.154 e. The number of aromatic nitrogens is 5. The van der Waals surface area contributed by atoms with Crippen molar-refractivity contribution in [2.45, 2.75) is 32.6 Å². The van der Waals surface area contributed by atoms with Crippen molar-refractivity contribution in [3.8, 4) is 0 Å². The van der Waals surface area contributed by atoms with Crippen LogP contribution in [0.1, 0.15) is 48.1 Å². The second-order valence-electron chi connectivity index (χ2n) is 8.14. The third-order valence-corrected chi connectivity index (χ3v) is 5.35. The molecular weight excluding hydrogens is 412 g/mol. The van der Waals surface area contributed by atoms with Crippen LogP contribution in [0.2, 0.25) is 0 Å². The molecule has 4 aromatic rings.